The first-order valence-corrected chi connectivity index (χ1v) is 8.58. The van der Waals surface area contributed by atoms with Crippen molar-refractivity contribution in [3.05, 3.63) is 40.2 Å². The van der Waals surface area contributed by atoms with Crippen molar-refractivity contribution in [2.24, 2.45) is 0 Å². The van der Waals surface area contributed by atoms with Crippen LogP contribution in [0.3, 0.4) is 0 Å². The van der Waals surface area contributed by atoms with Gasteiger partial charge in [0, 0.05) is 11.4 Å². The van der Waals surface area contributed by atoms with E-state index in [0.29, 0.717) is 28.6 Å². The molecule has 136 valence electrons. The molecular weight excluding hydrogens is 358 g/mol. The Labute approximate surface area is 153 Å². The van der Waals surface area contributed by atoms with Crippen LogP contribution >= 0.6 is 11.3 Å². The van der Waals surface area contributed by atoms with Crippen LogP contribution in [0.4, 0.5) is 0 Å². The second-order valence-electron chi connectivity index (χ2n) is 5.27. The summed E-state index contributed by atoms with van der Waals surface area (Å²) < 4.78 is 20.8. The third-order valence-corrected chi connectivity index (χ3v) is 4.29. The molecule has 0 amide bonds. The molecule has 3 rings (SSSR count). The molecular formula is C17H17N3O5S. The number of esters is 1. The van der Waals surface area contributed by atoms with Crippen molar-refractivity contribution in [1.82, 2.24) is 15.1 Å². The molecule has 0 aliphatic carbocycles. The number of benzene rings is 1. The van der Waals surface area contributed by atoms with E-state index in [1.165, 1.54) is 11.3 Å². The first-order valence-electron chi connectivity index (χ1n) is 7.70. The van der Waals surface area contributed by atoms with E-state index in [1.807, 2.05) is 12.3 Å². The van der Waals surface area contributed by atoms with E-state index in [2.05, 4.69) is 15.1 Å². The molecule has 0 N–H and O–H groups in total. The van der Waals surface area contributed by atoms with Gasteiger partial charge in [0.25, 0.3) is 5.89 Å². The number of rotatable bonds is 7. The zero-order chi connectivity index (χ0) is 18.5. The summed E-state index contributed by atoms with van der Waals surface area (Å²) in [4.78, 5) is 20.3. The Bertz CT molecular complexity index is 905. The highest BCUT2D eigenvalue weighted by molar-refractivity contribution is 7.09. The molecule has 2 aromatic heterocycles. The lowest BCUT2D eigenvalue weighted by Crippen LogP contribution is -2.08. The molecule has 0 fully saturated rings. The molecule has 8 nitrogen and oxygen atoms in total. The van der Waals surface area contributed by atoms with Gasteiger partial charge in [-0.25, -0.2) is 4.98 Å². The summed E-state index contributed by atoms with van der Waals surface area (Å²) >= 11 is 1.49. The first-order chi connectivity index (χ1) is 12.6. The zero-order valence-electron chi connectivity index (χ0n) is 14.5. The summed E-state index contributed by atoms with van der Waals surface area (Å²) in [5.74, 6) is 1.33. The SMILES string of the molecule is COc1ccc(-c2noc(COC(=O)Cc3csc(C)n3)n2)c(OC)c1. The fourth-order valence-corrected chi connectivity index (χ4v) is 2.85. The molecule has 0 spiro atoms. The van der Waals surface area contributed by atoms with Crippen LogP contribution in [0, 0.1) is 6.92 Å². The van der Waals surface area contributed by atoms with Crippen LogP contribution in [-0.4, -0.2) is 35.3 Å². The van der Waals surface area contributed by atoms with Crippen molar-refractivity contribution in [2.75, 3.05) is 14.2 Å². The highest BCUT2D eigenvalue weighted by Crippen LogP contribution is 2.31. The number of methoxy groups -OCH3 is 2. The van der Waals surface area contributed by atoms with Gasteiger partial charge in [0.05, 0.1) is 36.9 Å². The molecule has 0 saturated carbocycles. The lowest BCUT2D eigenvalue weighted by atomic mass is 10.2. The van der Waals surface area contributed by atoms with Crippen LogP contribution in [0.1, 0.15) is 16.6 Å². The van der Waals surface area contributed by atoms with E-state index in [4.69, 9.17) is 18.7 Å². The number of thiazole rings is 1. The van der Waals surface area contributed by atoms with Crippen molar-refractivity contribution in [2.45, 2.75) is 20.0 Å². The van der Waals surface area contributed by atoms with Crippen LogP contribution in [0.5, 0.6) is 11.5 Å². The third-order valence-electron chi connectivity index (χ3n) is 3.47. The maximum absolute atomic E-state index is 11.9. The average molecular weight is 375 g/mol. The highest BCUT2D eigenvalue weighted by atomic mass is 32.1. The second kappa shape index (κ2) is 7.96. The largest absolute Gasteiger partial charge is 0.497 e. The normalized spacial score (nSPS) is 10.6. The van der Waals surface area contributed by atoms with Crippen LogP contribution in [0.15, 0.2) is 28.1 Å². The van der Waals surface area contributed by atoms with Crippen molar-refractivity contribution in [3.63, 3.8) is 0 Å². The minimum absolute atomic E-state index is 0.104. The summed E-state index contributed by atoms with van der Waals surface area (Å²) in [6, 6.07) is 5.26. The van der Waals surface area contributed by atoms with Gasteiger partial charge < -0.3 is 18.7 Å². The van der Waals surface area contributed by atoms with Crippen molar-refractivity contribution >= 4 is 17.3 Å². The topological polar surface area (TPSA) is 96.6 Å². The van der Waals surface area contributed by atoms with E-state index in [0.717, 1.165) is 5.01 Å². The zero-order valence-corrected chi connectivity index (χ0v) is 15.3. The van der Waals surface area contributed by atoms with E-state index in [9.17, 15) is 4.79 Å². The Hall–Kier alpha value is -2.94. The quantitative estimate of drug-likeness (QED) is 0.582. The second-order valence-corrected chi connectivity index (χ2v) is 6.34. The Morgan fingerprint density at radius 1 is 1.23 bits per heavy atom. The van der Waals surface area contributed by atoms with Gasteiger partial charge in [0.1, 0.15) is 11.5 Å². The molecule has 0 bridgehead atoms. The number of ether oxygens (including phenoxy) is 3. The van der Waals surface area contributed by atoms with Crippen LogP contribution in [0.25, 0.3) is 11.4 Å². The monoisotopic (exact) mass is 375 g/mol. The Balaban J connectivity index is 1.64. The van der Waals surface area contributed by atoms with Gasteiger partial charge in [-0.15, -0.1) is 11.3 Å². The maximum atomic E-state index is 11.9. The van der Waals surface area contributed by atoms with Gasteiger partial charge in [-0.2, -0.15) is 4.98 Å². The predicted octanol–water partition coefficient (Wildman–Crippen LogP) is 2.80. The molecule has 0 radical (unpaired) electrons. The van der Waals surface area contributed by atoms with Crippen molar-refractivity contribution < 1.29 is 23.5 Å². The van der Waals surface area contributed by atoms with Gasteiger partial charge in [0.2, 0.25) is 5.82 Å². The fourth-order valence-electron chi connectivity index (χ4n) is 2.24. The molecule has 0 aliphatic rings. The van der Waals surface area contributed by atoms with Gasteiger partial charge in [-0.05, 0) is 19.1 Å². The molecule has 3 aromatic rings. The molecule has 9 heteroatoms. The summed E-state index contributed by atoms with van der Waals surface area (Å²) in [6.07, 6.45) is 0.109. The smallest absolute Gasteiger partial charge is 0.312 e. The standard InChI is InChI=1S/C17H17N3O5S/c1-10-18-11(9-26-10)6-16(21)24-8-15-19-17(20-25-15)13-5-4-12(22-2)7-14(13)23-3/h4-5,7,9H,6,8H2,1-3H3. The Morgan fingerprint density at radius 2 is 2.08 bits per heavy atom. The highest BCUT2D eigenvalue weighted by Gasteiger charge is 2.16. The molecule has 0 atom stereocenters. The van der Waals surface area contributed by atoms with Crippen LogP contribution in [0.2, 0.25) is 0 Å². The Morgan fingerprint density at radius 3 is 2.77 bits per heavy atom. The molecule has 0 aliphatic heterocycles. The minimum Gasteiger partial charge on any atom is -0.497 e. The number of carbonyl (C=O) groups is 1. The van der Waals surface area contributed by atoms with Crippen molar-refractivity contribution in [3.8, 4) is 22.9 Å². The molecule has 1 aromatic carbocycles. The molecule has 26 heavy (non-hydrogen) atoms. The van der Waals surface area contributed by atoms with Crippen molar-refractivity contribution in [1.29, 1.82) is 0 Å². The number of aryl methyl sites for hydroxylation is 1. The van der Waals surface area contributed by atoms with Crippen LogP contribution in [-0.2, 0) is 22.6 Å². The van der Waals surface area contributed by atoms with E-state index in [1.54, 1.807) is 32.4 Å². The number of nitrogens with zero attached hydrogens (tertiary/aromatic N) is 3. The van der Waals surface area contributed by atoms with E-state index < -0.39 is 5.97 Å². The minimum atomic E-state index is -0.405. The molecule has 2 heterocycles. The number of carbonyl (C=O) groups excluding carboxylic acids is 1. The average Bonchev–Trinajstić information content (AvgIpc) is 3.28. The number of aromatic nitrogens is 3. The maximum Gasteiger partial charge on any atom is 0.312 e. The van der Waals surface area contributed by atoms with Gasteiger partial charge in [-0.3, -0.25) is 4.79 Å². The van der Waals surface area contributed by atoms with E-state index >= 15 is 0 Å². The van der Waals surface area contributed by atoms with Gasteiger partial charge in [0.15, 0.2) is 6.61 Å². The third kappa shape index (κ3) is 4.17. The van der Waals surface area contributed by atoms with E-state index in [-0.39, 0.29) is 18.9 Å². The van der Waals surface area contributed by atoms with Crippen LogP contribution < -0.4 is 9.47 Å². The number of hydrogen-bond acceptors (Lipinski definition) is 9. The lowest BCUT2D eigenvalue weighted by Gasteiger charge is -2.07. The molecule has 0 unspecified atom stereocenters. The summed E-state index contributed by atoms with van der Waals surface area (Å²) in [5, 5.41) is 6.64. The van der Waals surface area contributed by atoms with Gasteiger partial charge >= 0.3 is 5.97 Å². The van der Waals surface area contributed by atoms with Gasteiger partial charge in [-0.1, -0.05) is 5.16 Å². The summed E-state index contributed by atoms with van der Waals surface area (Å²) in [5.41, 5.74) is 1.33. The number of hydrogen-bond donors (Lipinski definition) is 0. The molecule has 0 saturated heterocycles. The lowest BCUT2D eigenvalue weighted by molar-refractivity contribution is -0.144. The summed E-state index contributed by atoms with van der Waals surface area (Å²) in [7, 11) is 3.11. The fraction of sp³-hybridized carbons (Fsp3) is 0.294. The Kier molecular flexibility index (Phi) is 5.47. The first kappa shape index (κ1) is 17.9. The predicted molar refractivity (Wildman–Crippen MR) is 93.2 cm³/mol. The summed E-state index contributed by atoms with van der Waals surface area (Å²) in [6.45, 7) is 1.78.